The molecule has 2 aliphatic heterocycles. The summed E-state index contributed by atoms with van der Waals surface area (Å²) in [6.45, 7) is 4.01. The fourth-order valence-corrected chi connectivity index (χ4v) is 4.25. The van der Waals surface area contributed by atoms with Crippen molar-refractivity contribution in [1.82, 2.24) is 24.9 Å². The minimum absolute atomic E-state index is 0.0406. The van der Waals surface area contributed by atoms with Gasteiger partial charge in [-0.05, 0) is 50.0 Å². The number of fused-ring (bicyclic) bond motifs is 1. The molecule has 0 saturated carbocycles. The first-order valence-corrected chi connectivity index (χ1v) is 10.4. The van der Waals surface area contributed by atoms with Crippen LogP contribution >= 0.6 is 0 Å². The molecule has 2 aromatic heterocycles. The Bertz CT molecular complexity index is 1120. The van der Waals surface area contributed by atoms with E-state index in [1.807, 2.05) is 43.3 Å². The van der Waals surface area contributed by atoms with Gasteiger partial charge in [-0.3, -0.25) is 19.2 Å². The van der Waals surface area contributed by atoms with Gasteiger partial charge in [-0.15, -0.1) is 0 Å². The third-order valence-corrected chi connectivity index (χ3v) is 5.88. The third kappa shape index (κ3) is 3.43. The number of carbonyl (C=O) groups excluding carboxylic acids is 1. The molecule has 3 aromatic rings. The van der Waals surface area contributed by atoms with Crippen LogP contribution in [0.5, 0.6) is 0 Å². The van der Waals surface area contributed by atoms with Crippen LogP contribution < -0.4 is 10.6 Å². The zero-order valence-electron chi connectivity index (χ0n) is 17.2. The van der Waals surface area contributed by atoms with Crippen LogP contribution in [0.2, 0.25) is 0 Å². The van der Waals surface area contributed by atoms with Crippen LogP contribution in [-0.4, -0.2) is 44.3 Å². The van der Waals surface area contributed by atoms with Crippen LogP contribution in [0.4, 0.5) is 5.69 Å². The van der Waals surface area contributed by atoms with Crippen molar-refractivity contribution in [2.45, 2.75) is 31.8 Å². The Morgan fingerprint density at radius 2 is 1.97 bits per heavy atom. The van der Waals surface area contributed by atoms with Crippen LogP contribution in [0.25, 0.3) is 11.1 Å². The number of hydrogen-bond acceptors (Lipinski definition) is 5. The average molecular weight is 403 g/mol. The van der Waals surface area contributed by atoms with Crippen molar-refractivity contribution in [3.8, 4) is 11.1 Å². The minimum Gasteiger partial charge on any atom is -0.318 e. The van der Waals surface area contributed by atoms with Gasteiger partial charge in [0.15, 0.2) is 0 Å². The van der Waals surface area contributed by atoms with Gasteiger partial charge < -0.3 is 10.6 Å². The fourth-order valence-electron chi connectivity index (χ4n) is 4.25. The van der Waals surface area contributed by atoms with Gasteiger partial charge in [0.25, 0.3) is 5.91 Å². The molecule has 1 amide bonds. The van der Waals surface area contributed by atoms with Gasteiger partial charge in [-0.25, -0.2) is 0 Å². The predicted octanol–water partition coefficient (Wildman–Crippen LogP) is 2.71. The van der Waals surface area contributed by atoms with Gasteiger partial charge in [-0.1, -0.05) is 12.1 Å². The molecule has 0 radical (unpaired) electrons. The zero-order valence-corrected chi connectivity index (χ0v) is 17.2. The number of hydrogen-bond donors (Lipinski definition) is 2. The molecule has 1 saturated heterocycles. The Morgan fingerprint density at radius 1 is 1.13 bits per heavy atom. The standard InChI is InChI=1S/C22H25N7O/c1-14-19-4-3-15(16-10-24-28(2)12-16)9-20(19)21(26-14)22(30)27-17-11-25-29(13-17)18-5-7-23-8-6-18/h3-4,9-14,18,23H,5-8H2,1-2H3,(H,27,30)/t14-/m0/s1. The second kappa shape index (κ2) is 7.53. The number of rotatable bonds is 4. The quantitative estimate of drug-likeness (QED) is 0.701. The summed E-state index contributed by atoms with van der Waals surface area (Å²) in [5.74, 6) is -0.200. The maximum absolute atomic E-state index is 13.1. The lowest BCUT2D eigenvalue weighted by Gasteiger charge is -2.22. The Balaban J connectivity index is 1.37. The lowest BCUT2D eigenvalue weighted by atomic mass is 9.97. The first-order chi connectivity index (χ1) is 14.6. The summed E-state index contributed by atoms with van der Waals surface area (Å²) in [6, 6.07) is 6.49. The van der Waals surface area contributed by atoms with E-state index in [9.17, 15) is 4.79 Å². The summed E-state index contributed by atoms with van der Waals surface area (Å²) < 4.78 is 3.73. The summed E-state index contributed by atoms with van der Waals surface area (Å²) in [7, 11) is 1.89. The first-order valence-electron chi connectivity index (χ1n) is 10.4. The summed E-state index contributed by atoms with van der Waals surface area (Å²) >= 11 is 0. The van der Waals surface area contributed by atoms with Crippen molar-refractivity contribution >= 4 is 17.3 Å². The molecule has 5 rings (SSSR count). The first kappa shape index (κ1) is 18.7. The maximum Gasteiger partial charge on any atom is 0.274 e. The lowest BCUT2D eigenvalue weighted by molar-refractivity contribution is -0.110. The van der Waals surface area contributed by atoms with Crippen molar-refractivity contribution in [1.29, 1.82) is 0 Å². The Labute approximate surface area is 175 Å². The minimum atomic E-state index is -0.200. The molecular weight excluding hydrogens is 378 g/mol. The summed E-state index contributed by atoms with van der Waals surface area (Å²) in [5.41, 5.74) is 5.16. The summed E-state index contributed by atoms with van der Waals surface area (Å²) in [5, 5.41) is 15.0. The van der Waals surface area contributed by atoms with Crippen LogP contribution in [0.15, 0.2) is 48.0 Å². The van der Waals surface area contributed by atoms with E-state index < -0.39 is 0 Å². The molecule has 8 nitrogen and oxygen atoms in total. The summed E-state index contributed by atoms with van der Waals surface area (Å²) in [6.07, 6.45) is 9.51. The van der Waals surface area contributed by atoms with Crippen LogP contribution in [0.1, 0.15) is 43.0 Å². The maximum atomic E-state index is 13.1. The van der Waals surface area contributed by atoms with Gasteiger partial charge in [0.1, 0.15) is 5.71 Å². The Morgan fingerprint density at radius 3 is 2.73 bits per heavy atom. The highest BCUT2D eigenvalue weighted by Crippen LogP contribution is 2.33. The molecule has 30 heavy (non-hydrogen) atoms. The number of aromatic nitrogens is 4. The van der Waals surface area contributed by atoms with Gasteiger partial charge in [-0.2, -0.15) is 10.2 Å². The van der Waals surface area contributed by atoms with Crippen LogP contribution in [0.3, 0.4) is 0 Å². The van der Waals surface area contributed by atoms with E-state index in [1.54, 1.807) is 10.9 Å². The number of amides is 1. The zero-order chi connectivity index (χ0) is 20.7. The number of aliphatic imine (C=N–C) groups is 1. The van der Waals surface area contributed by atoms with E-state index in [2.05, 4.69) is 38.0 Å². The molecule has 154 valence electrons. The topological polar surface area (TPSA) is 89.1 Å². The smallest absolute Gasteiger partial charge is 0.274 e. The van der Waals surface area contributed by atoms with Crippen molar-refractivity contribution in [2.75, 3.05) is 18.4 Å². The highest BCUT2D eigenvalue weighted by atomic mass is 16.1. The van der Waals surface area contributed by atoms with E-state index in [-0.39, 0.29) is 11.9 Å². The Hall–Kier alpha value is -3.26. The van der Waals surface area contributed by atoms with Gasteiger partial charge in [0.05, 0.1) is 30.2 Å². The molecule has 0 aliphatic carbocycles. The molecule has 2 aliphatic rings. The highest BCUT2D eigenvalue weighted by Gasteiger charge is 2.28. The molecule has 8 heteroatoms. The number of benzene rings is 1. The third-order valence-electron chi connectivity index (χ3n) is 5.88. The van der Waals surface area contributed by atoms with E-state index in [0.29, 0.717) is 17.4 Å². The monoisotopic (exact) mass is 403 g/mol. The largest absolute Gasteiger partial charge is 0.318 e. The number of nitrogens with one attached hydrogen (secondary N) is 2. The number of aryl methyl sites for hydroxylation is 1. The van der Waals surface area contributed by atoms with Gasteiger partial charge >= 0.3 is 0 Å². The van der Waals surface area contributed by atoms with Gasteiger partial charge in [0.2, 0.25) is 0 Å². The molecule has 4 heterocycles. The second-order valence-corrected chi connectivity index (χ2v) is 8.00. The van der Waals surface area contributed by atoms with E-state index in [0.717, 1.165) is 48.2 Å². The second-order valence-electron chi connectivity index (χ2n) is 8.00. The molecule has 0 unspecified atom stereocenters. The fraction of sp³-hybridized carbons (Fsp3) is 0.364. The van der Waals surface area contributed by atoms with Crippen molar-refractivity contribution < 1.29 is 4.79 Å². The van der Waals surface area contributed by atoms with E-state index in [1.165, 1.54) is 0 Å². The molecule has 1 atom stereocenters. The molecule has 0 bridgehead atoms. The van der Waals surface area contributed by atoms with Crippen LogP contribution in [0, 0.1) is 0 Å². The number of nitrogens with zero attached hydrogens (tertiary/aromatic N) is 5. The van der Waals surface area contributed by atoms with E-state index >= 15 is 0 Å². The molecule has 1 fully saturated rings. The normalized spacial score (nSPS) is 18.9. The van der Waals surface area contributed by atoms with Crippen molar-refractivity contribution in [3.63, 3.8) is 0 Å². The van der Waals surface area contributed by atoms with E-state index in [4.69, 9.17) is 0 Å². The number of carbonyl (C=O) groups is 1. The predicted molar refractivity (Wildman–Crippen MR) is 116 cm³/mol. The molecule has 1 aromatic carbocycles. The molecular formula is C22H25N7O. The highest BCUT2D eigenvalue weighted by molar-refractivity contribution is 6.50. The molecule has 0 spiro atoms. The van der Waals surface area contributed by atoms with Crippen LogP contribution in [-0.2, 0) is 11.8 Å². The van der Waals surface area contributed by atoms with Gasteiger partial charge in [0, 0.05) is 30.6 Å². The number of piperidine rings is 1. The van der Waals surface area contributed by atoms with Crippen molar-refractivity contribution in [3.05, 3.63) is 54.1 Å². The lowest BCUT2D eigenvalue weighted by Crippen LogP contribution is -2.29. The molecule has 2 N–H and O–H groups in total. The average Bonchev–Trinajstić information content (AvgIpc) is 3.48. The summed E-state index contributed by atoms with van der Waals surface area (Å²) in [4.78, 5) is 17.7. The SMILES string of the molecule is C[C@@H]1N=C(C(=O)Nc2cnn(C3CCNCC3)c2)c2cc(-c3cnn(C)c3)ccc21. The number of anilines is 1. The van der Waals surface area contributed by atoms with Crippen molar-refractivity contribution in [2.24, 2.45) is 12.0 Å². The Kier molecular flexibility index (Phi) is 4.71.